The second-order valence-electron chi connectivity index (χ2n) is 8.94. The smallest absolute Gasteiger partial charge is 0.249 e. The molecule has 0 aliphatic heterocycles. The van der Waals surface area contributed by atoms with Gasteiger partial charge in [-0.3, -0.25) is 0 Å². The molecule has 1 aliphatic carbocycles. The monoisotopic (exact) mass is 529 g/mol. The molecule has 1 amide bonds. The minimum Gasteiger partial charge on any atom is -0.530 e. The van der Waals surface area contributed by atoms with Gasteiger partial charge in [0.2, 0.25) is 10.0 Å². The Labute approximate surface area is 220 Å². The lowest BCUT2D eigenvalue weighted by Crippen LogP contribution is -2.50. The van der Waals surface area contributed by atoms with Gasteiger partial charge in [-0.25, -0.2) is 8.42 Å². The molecule has 4 rings (SSSR count). The Morgan fingerprint density at radius 2 is 1.42 bits per heavy atom. The molecule has 1 aliphatic rings. The molecule has 0 atom stereocenters. The third kappa shape index (κ3) is 5.56. The van der Waals surface area contributed by atoms with Crippen LogP contribution >= 0.6 is 0 Å². The van der Waals surface area contributed by atoms with E-state index in [-0.39, 0.29) is 25.0 Å². The molecule has 9 nitrogen and oxygen atoms in total. The first kappa shape index (κ1) is 26.5. The third-order valence-corrected chi connectivity index (χ3v) is 8.41. The van der Waals surface area contributed by atoms with Crippen molar-refractivity contribution in [1.82, 2.24) is 5.32 Å². The number of rotatable bonds is 9. The summed E-state index contributed by atoms with van der Waals surface area (Å²) in [5.41, 5.74) is 11.8. The van der Waals surface area contributed by atoms with Crippen LogP contribution in [0.3, 0.4) is 0 Å². The average Bonchev–Trinajstić information content (AvgIpc) is 2.88. The van der Waals surface area contributed by atoms with Crippen LogP contribution in [0.15, 0.2) is 113 Å². The number of carboxylic acid groups (broad SMARTS) is 1. The predicted octanol–water partition coefficient (Wildman–Crippen LogP) is 3.97. The molecule has 38 heavy (non-hydrogen) atoms. The van der Waals surface area contributed by atoms with Crippen molar-refractivity contribution in [2.75, 3.05) is 0 Å². The number of sulfonamides is 1. The number of benzene rings is 3. The van der Waals surface area contributed by atoms with Crippen LogP contribution in [0, 0.1) is 0 Å². The van der Waals surface area contributed by atoms with Gasteiger partial charge < -0.3 is 20.3 Å². The van der Waals surface area contributed by atoms with E-state index in [0.29, 0.717) is 16.7 Å². The van der Waals surface area contributed by atoms with E-state index >= 15 is 0 Å². The fourth-order valence-corrected chi connectivity index (χ4v) is 6.42. The second-order valence-corrected chi connectivity index (χ2v) is 10.8. The van der Waals surface area contributed by atoms with Crippen molar-refractivity contribution in [2.45, 2.75) is 30.1 Å². The van der Waals surface area contributed by atoms with Crippen molar-refractivity contribution < 1.29 is 23.4 Å². The van der Waals surface area contributed by atoms with E-state index in [1.807, 2.05) is 60.7 Å². The van der Waals surface area contributed by atoms with Gasteiger partial charge in [0.1, 0.15) is 16.6 Å². The van der Waals surface area contributed by atoms with Gasteiger partial charge in [0.05, 0.1) is 6.04 Å². The van der Waals surface area contributed by atoms with E-state index in [2.05, 4.69) is 14.7 Å². The number of phenols is 1. The number of hydrogen-bond donors (Lipinski definition) is 2. The van der Waals surface area contributed by atoms with Crippen molar-refractivity contribution in [1.29, 1.82) is 0 Å². The number of carbonyl (C=O) groups excluding carboxylic acids is 1. The normalized spacial score (nSPS) is 19.0. The van der Waals surface area contributed by atoms with E-state index in [9.17, 15) is 29.0 Å². The van der Waals surface area contributed by atoms with E-state index < -0.39 is 26.9 Å². The number of carbonyl (C=O) groups is 1. The van der Waals surface area contributed by atoms with Crippen LogP contribution in [0.4, 0.5) is 4.79 Å². The Balaban J connectivity index is 2.01. The Hall–Kier alpha value is -4.53. The van der Waals surface area contributed by atoms with Crippen LogP contribution in [0.2, 0.25) is 0 Å². The summed E-state index contributed by atoms with van der Waals surface area (Å²) in [7, 11) is -4.63. The number of hydrogen-bond acceptors (Lipinski definition) is 5. The fourth-order valence-electron chi connectivity index (χ4n) is 4.91. The van der Waals surface area contributed by atoms with Gasteiger partial charge in [-0.1, -0.05) is 91.0 Å². The highest BCUT2D eigenvalue weighted by molar-refractivity contribution is 7.91. The highest BCUT2D eigenvalue weighted by Gasteiger charge is 2.51. The van der Waals surface area contributed by atoms with Gasteiger partial charge in [0.15, 0.2) is 0 Å². The van der Waals surface area contributed by atoms with Gasteiger partial charge in [-0.2, -0.15) is 0 Å². The average molecular weight is 530 g/mol. The molecular weight excluding hydrogens is 504 g/mol. The largest absolute Gasteiger partial charge is 0.530 e. The number of aromatic hydroxyl groups is 1. The number of amides is 1. The zero-order chi connectivity index (χ0) is 27.2. The molecule has 10 heteroatoms. The maximum Gasteiger partial charge on any atom is 0.249 e. The lowest BCUT2D eigenvalue weighted by Gasteiger charge is -2.41. The predicted molar refractivity (Wildman–Crippen MR) is 141 cm³/mol. The Morgan fingerprint density at radius 1 is 0.921 bits per heavy atom. The highest BCUT2D eigenvalue weighted by Crippen LogP contribution is 2.45. The number of para-hydroxylation sites is 1. The van der Waals surface area contributed by atoms with Crippen molar-refractivity contribution in [2.24, 2.45) is 4.52 Å². The first-order valence-corrected chi connectivity index (χ1v) is 13.2. The minimum atomic E-state index is -4.63. The first-order chi connectivity index (χ1) is 18.2. The van der Waals surface area contributed by atoms with Gasteiger partial charge >= 0.3 is 0 Å². The summed E-state index contributed by atoms with van der Waals surface area (Å²) in [6, 6.07) is 23.6. The number of phenolic OH excluding ortho intramolecular Hbond substituents is 1. The van der Waals surface area contributed by atoms with Gasteiger partial charge in [-0.15, -0.1) is 0 Å². The lowest BCUT2D eigenvalue weighted by molar-refractivity contribution is -0.251. The molecule has 0 spiro atoms. The SMILES string of the molecule is [N-]=[N+]=NS(=O)(=O)C1(Cc2ccccc2O)C(Cc2ccccc2)=CC(NC(=O)[O-])C=C1Cc1ccccc1. The highest BCUT2D eigenvalue weighted by atomic mass is 32.2. The molecule has 0 radical (unpaired) electrons. The number of azide groups is 1. The molecule has 0 unspecified atom stereocenters. The van der Waals surface area contributed by atoms with Crippen LogP contribution in [-0.4, -0.2) is 30.4 Å². The molecule has 0 bridgehead atoms. The molecule has 194 valence electrons. The molecule has 3 aromatic rings. The fraction of sp³-hybridized carbons (Fsp3) is 0.179. The third-order valence-electron chi connectivity index (χ3n) is 6.57. The summed E-state index contributed by atoms with van der Waals surface area (Å²) in [6.07, 6.45) is 1.50. The van der Waals surface area contributed by atoms with Crippen LogP contribution in [-0.2, 0) is 29.3 Å². The van der Waals surface area contributed by atoms with E-state index in [4.69, 9.17) is 0 Å². The number of nitrogens with one attached hydrogen (secondary N) is 1. The summed E-state index contributed by atoms with van der Waals surface area (Å²) in [5, 5.41) is 24.4. The molecule has 0 aromatic heterocycles. The zero-order valence-corrected chi connectivity index (χ0v) is 21.1. The molecule has 0 heterocycles. The molecule has 0 saturated heterocycles. The van der Waals surface area contributed by atoms with Crippen molar-refractivity contribution in [3.8, 4) is 5.75 Å². The standard InChI is InChI=1S/C28H26N4O5S/c29-31-32-38(36,37)28(19-22-13-7-8-14-26(22)33)23(15-20-9-3-1-4-10-20)17-25(30-27(34)35)18-24(28)16-21-11-5-2-6-12-21/h1-14,17-18,25,30,33H,15-16,19H2,(H,34,35)/p-1. The van der Waals surface area contributed by atoms with E-state index in [1.54, 1.807) is 18.2 Å². The summed E-state index contributed by atoms with van der Waals surface area (Å²) in [4.78, 5) is 14.1. The summed E-state index contributed by atoms with van der Waals surface area (Å²) in [6.45, 7) is 0. The van der Waals surface area contributed by atoms with Gasteiger partial charge in [0, 0.05) is 15.9 Å². The van der Waals surface area contributed by atoms with Crippen LogP contribution in [0.5, 0.6) is 5.75 Å². The van der Waals surface area contributed by atoms with Crippen molar-refractivity contribution in [3.05, 3.63) is 135 Å². The summed E-state index contributed by atoms with van der Waals surface area (Å²) >= 11 is 0. The lowest BCUT2D eigenvalue weighted by atomic mass is 9.75. The maximum absolute atomic E-state index is 14.0. The van der Waals surface area contributed by atoms with E-state index in [0.717, 1.165) is 11.1 Å². The minimum absolute atomic E-state index is 0.115. The summed E-state index contributed by atoms with van der Waals surface area (Å²) in [5.74, 6) is -0.115. The second kappa shape index (κ2) is 11.2. The Morgan fingerprint density at radius 3 is 1.89 bits per heavy atom. The van der Waals surface area contributed by atoms with Crippen molar-refractivity contribution >= 4 is 16.1 Å². The topological polar surface area (TPSA) is 155 Å². The molecular formula is C28H25N4O5S-. The zero-order valence-electron chi connectivity index (χ0n) is 20.3. The molecule has 0 saturated carbocycles. The van der Waals surface area contributed by atoms with Crippen LogP contribution < -0.4 is 10.4 Å². The van der Waals surface area contributed by atoms with Crippen LogP contribution in [0.1, 0.15) is 16.7 Å². The first-order valence-electron chi connectivity index (χ1n) is 11.8. The van der Waals surface area contributed by atoms with Crippen molar-refractivity contribution in [3.63, 3.8) is 0 Å². The van der Waals surface area contributed by atoms with Gasteiger partial charge in [-0.05, 0) is 52.3 Å². The van der Waals surface area contributed by atoms with Gasteiger partial charge in [0.25, 0.3) is 0 Å². The molecule has 2 N–H and O–H groups in total. The maximum atomic E-state index is 14.0. The number of nitrogens with zero attached hydrogens (tertiary/aromatic N) is 3. The Kier molecular flexibility index (Phi) is 7.85. The van der Waals surface area contributed by atoms with Crippen LogP contribution in [0.25, 0.3) is 10.4 Å². The quantitative estimate of drug-likeness (QED) is 0.186. The molecule has 0 fully saturated rings. The summed E-state index contributed by atoms with van der Waals surface area (Å²) < 4.78 is 29.4. The van der Waals surface area contributed by atoms with E-state index in [1.165, 1.54) is 18.2 Å². The Bertz CT molecular complexity index is 1470. The molecule has 3 aromatic carbocycles.